The largest absolute Gasteiger partial charge is 0.274 e. The number of imide groups is 1. The number of nitrogens with zero attached hydrogens (tertiary/aromatic N) is 3. The molecule has 4 atom stereocenters. The summed E-state index contributed by atoms with van der Waals surface area (Å²) in [5.74, 6) is 0.405. The first-order chi connectivity index (χ1) is 12.1. The predicted octanol–water partition coefficient (Wildman–Crippen LogP) is 2.55. The molecule has 2 aliphatic carbocycles. The first-order valence-electron chi connectivity index (χ1n) is 8.77. The van der Waals surface area contributed by atoms with Crippen molar-refractivity contribution in [3.8, 4) is 0 Å². The SMILES string of the molecule is Cc1ccccc1Cn1ccc(N2C(=O)[C@H]3[C@H](C2=O)[C@H]2C=C[C@H]3C2)n1. The Kier molecular flexibility index (Phi) is 3.02. The molecule has 2 fully saturated rings. The van der Waals surface area contributed by atoms with E-state index in [2.05, 4.69) is 36.3 Å². The molecule has 0 spiro atoms. The third-order valence-electron chi connectivity index (χ3n) is 5.92. The van der Waals surface area contributed by atoms with Crippen molar-refractivity contribution in [2.45, 2.75) is 19.9 Å². The van der Waals surface area contributed by atoms with Crippen LogP contribution in [0.2, 0.25) is 0 Å². The van der Waals surface area contributed by atoms with Crippen LogP contribution < -0.4 is 4.90 Å². The Balaban J connectivity index is 1.42. The van der Waals surface area contributed by atoms with Crippen LogP contribution in [0.5, 0.6) is 0 Å². The number of hydrogen-bond donors (Lipinski definition) is 0. The van der Waals surface area contributed by atoms with Gasteiger partial charge in [-0.15, -0.1) is 0 Å². The van der Waals surface area contributed by atoms with E-state index in [4.69, 9.17) is 0 Å². The van der Waals surface area contributed by atoms with Crippen LogP contribution in [-0.4, -0.2) is 21.6 Å². The van der Waals surface area contributed by atoms with E-state index in [-0.39, 0.29) is 35.5 Å². The maximum absolute atomic E-state index is 12.8. The van der Waals surface area contributed by atoms with Crippen molar-refractivity contribution in [2.24, 2.45) is 23.7 Å². The molecule has 5 heteroatoms. The van der Waals surface area contributed by atoms with E-state index in [1.165, 1.54) is 16.0 Å². The standard InChI is InChI=1S/C20H19N3O2/c1-12-4-2-3-5-15(12)11-22-9-8-16(21-22)23-19(24)17-13-6-7-14(10-13)18(17)20(23)25/h2-9,13-14,17-18H,10-11H2,1H3/t13-,14-,17+,18+/m0/s1. The number of aryl methyl sites for hydroxylation is 1. The highest BCUT2D eigenvalue weighted by Gasteiger charge is 2.59. The third kappa shape index (κ3) is 2.05. The maximum atomic E-state index is 12.8. The molecule has 2 amide bonds. The average Bonchev–Trinajstić information content (AvgIpc) is 3.35. The van der Waals surface area contributed by atoms with Gasteiger partial charge in [0.05, 0.1) is 18.4 Å². The van der Waals surface area contributed by atoms with Gasteiger partial charge < -0.3 is 0 Å². The molecular weight excluding hydrogens is 314 g/mol. The minimum absolute atomic E-state index is 0.0759. The molecule has 0 radical (unpaired) electrons. The molecular formula is C20H19N3O2. The van der Waals surface area contributed by atoms with Gasteiger partial charge in [-0.3, -0.25) is 14.3 Å². The van der Waals surface area contributed by atoms with E-state index < -0.39 is 0 Å². The van der Waals surface area contributed by atoms with Gasteiger partial charge in [-0.2, -0.15) is 5.10 Å². The topological polar surface area (TPSA) is 55.2 Å². The number of aromatic nitrogens is 2. The van der Waals surface area contributed by atoms with Crippen molar-refractivity contribution >= 4 is 17.6 Å². The van der Waals surface area contributed by atoms with E-state index in [0.29, 0.717) is 12.4 Å². The fourth-order valence-electron chi connectivity index (χ4n) is 4.65. The molecule has 0 N–H and O–H groups in total. The van der Waals surface area contributed by atoms with Gasteiger partial charge in [0.1, 0.15) is 0 Å². The molecule has 1 aromatic heterocycles. The third-order valence-corrected chi connectivity index (χ3v) is 5.92. The van der Waals surface area contributed by atoms with Crippen LogP contribution in [0.15, 0.2) is 48.7 Å². The average molecular weight is 333 g/mol. The number of hydrogen-bond acceptors (Lipinski definition) is 3. The summed E-state index contributed by atoms with van der Waals surface area (Å²) in [6.07, 6.45) is 7.00. The second-order valence-electron chi connectivity index (χ2n) is 7.31. The highest BCUT2D eigenvalue weighted by atomic mass is 16.2. The lowest BCUT2D eigenvalue weighted by Gasteiger charge is -2.14. The molecule has 2 bridgehead atoms. The van der Waals surface area contributed by atoms with Gasteiger partial charge in [0.25, 0.3) is 0 Å². The van der Waals surface area contributed by atoms with Crippen LogP contribution in [0.1, 0.15) is 17.5 Å². The van der Waals surface area contributed by atoms with Gasteiger partial charge in [-0.1, -0.05) is 36.4 Å². The lowest BCUT2D eigenvalue weighted by Crippen LogP contribution is -2.33. The van der Waals surface area contributed by atoms with Crippen LogP contribution in [0, 0.1) is 30.6 Å². The normalized spacial score (nSPS) is 29.7. The highest BCUT2D eigenvalue weighted by Crippen LogP contribution is 2.53. The maximum Gasteiger partial charge on any atom is 0.239 e. The van der Waals surface area contributed by atoms with Crippen LogP contribution >= 0.6 is 0 Å². The fourth-order valence-corrected chi connectivity index (χ4v) is 4.65. The van der Waals surface area contributed by atoms with Crippen LogP contribution in [0.25, 0.3) is 0 Å². The molecule has 5 nitrogen and oxygen atoms in total. The van der Waals surface area contributed by atoms with Gasteiger partial charge in [0.2, 0.25) is 11.8 Å². The Morgan fingerprint density at radius 1 is 1.04 bits per heavy atom. The van der Waals surface area contributed by atoms with Crippen molar-refractivity contribution in [2.75, 3.05) is 4.90 Å². The summed E-state index contributed by atoms with van der Waals surface area (Å²) in [6.45, 7) is 2.69. The predicted molar refractivity (Wildman–Crippen MR) is 92.7 cm³/mol. The lowest BCUT2D eigenvalue weighted by molar-refractivity contribution is -0.123. The molecule has 2 aromatic rings. The summed E-state index contributed by atoms with van der Waals surface area (Å²) in [5.41, 5.74) is 2.38. The number of fused-ring (bicyclic) bond motifs is 5. The molecule has 1 aliphatic heterocycles. The summed E-state index contributed by atoms with van der Waals surface area (Å²) in [5, 5.41) is 4.51. The van der Waals surface area contributed by atoms with Crippen molar-refractivity contribution < 1.29 is 9.59 Å². The molecule has 1 saturated heterocycles. The van der Waals surface area contributed by atoms with Crippen molar-refractivity contribution in [1.82, 2.24) is 9.78 Å². The number of carbonyl (C=O) groups is 2. The van der Waals surface area contributed by atoms with Gasteiger partial charge in [0.15, 0.2) is 5.82 Å². The smallest absolute Gasteiger partial charge is 0.239 e. The van der Waals surface area contributed by atoms with E-state index in [1.54, 1.807) is 10.7 Å². The number of anilines is 1. The van der Waals surface area contributed by atoms with Gasteiger partial charge in [-0.25, -0.2) is 4.90 Å². The van der Waals surface area contributed by atoms with Crippen molar-refractivity contribution in [3.63, 3.8) is 0 Å². The Hall–Kier alpha value is -2.69. The Labute approximate surface area is 145 Å². The molecule has 5 rings (SSSR count). The van der Waals surface area contributed by atoms with Crippen molar-refractivity contribution in [3.05, 3.63) is 59.8 Å². The van der Waals surface area contributed by atoms with E-state index in [1.807, 2.05) is 18.3 Å². The minimum atomic E-state index is -0.177. The molecule has 3 aliphatic rings. The number of rotatable bonds is 3. The molecule has 1 aromatic carbocycles. The van der Waals surface area contributed by atoms with E-state index in [0.717, 1.165) is 6.42 Å². The molecule has 2 heterocycles. The van der Waals surface area contributed by atoms with Gasteiger partial charge in [-0.05, 0) is 36.3 Å². The number of benzene rings is 1. The summed E-state index contributed by atoms with van der Waals surface area (Å²) < 4.78 is 1.79. The zero-order chi connectivity index (χ0) is 17.1. The summed E-state index contributed by atoms with van der Waals surface area (Å²) >= 11 is 0. The number of allylic oxidation sites excluding steroid dienone is 2. The van der Waals surface area contributed by atoms with Gasteiger partial charge in [0, 0.05) is 12.3 Å². The molecule has 126 valence electrons. The highest BCUT2D eigenvalue weighted by molar-refractivity contribution is 6.22. The lowest BCUT2D eigenvalue weighted by atomic mass is 9.85. The van der Waals surface area contributed by atoms with E-state index >= 15 is 0 Å². The summed E-state index contributed by atoms with van der Waals surface area (Å²) in [6, 6.07) is 9.92. The Bertz CT molecular complexity index is 883. The first-order valence-corrected chi connectivity index (χ1v) is 8.77. The quantitative estimate of drug-likeness (QED) is 0.641. The molecule has 0 unspecified atom stereocenters. The Morgan fingerprint density at radius 2 is 1.72 bits per heavy atom. The van der Waals surface area contributed by atoms with E-state index in [9.17, 15) is 9.59 Å². The van der Waals surface area contributed by atoms with Crippen LogP contribution in [0.3, 0.4) is 0 Å². The van der Waals surface area contributed by atoms with Crippen LogP contribution in [0.4, 0.5) is 5.82 Å². The number of carbonyl (C=O) groups excluding carboxylic acids is 2. The monoisotopic (exact) mass is 333 g/mol. The molecule has 1 saturated carbocycles. The number of amides is 2. The fraction of sp³-hybridized carbons (Fsp3) is 0.350. The zero-order valence-corrected chi connectivity index (χ0v) is 14.0. The Morgan fingerprint density at radius 3 is 2.40 bits per heavy atom. The van der Waals surface area contributed by atoms with Crippen molar-refractivity contribution in [1.29, 1.82) is 0 Å². The molecule has 25 heavy (non-hydrogen) atoms. The second-order valence-corrected chi connectivity index (χ2v) is 7.31. The minimum Gasteiger partial charge on any atom is -0.274 e. The van der Waals surface area contributed by atoms with Gasteiger partial charge >= 0.3 is 0 Å². The first kappa shape index (κ1) is 14.6. The zero-order valence-electron chi connectivity index (χ0n) is 14.0. The van der Waals surface area contributed by atoms with Crippen LogP contribution in [-0.2, 0) is 16.1 Å². The second kappa shape index (κ2) is 5.15. The summed E-state index contributed by atoms with van der Waals surface area (Å²) in [7, 11) is 0. The summed E-state index contributed by atoms with van der Waals surface area (Å²) in [4.78, 5) is 27.0.